The van der Waals surface area contributed by atoms with Crippen LogP contribution in [0.25, 0.3) is 0 Å². The summed E-state index contributed by atoms with van der Waals surface area (Å²) in [6, 6.07) is -0.0643. The average molecular weight is 263 g/mol. The van der Waals surface area contributed by atoms with Gasteiger partial charge in [-0.2, -0.15) is 4.31 Å². The highest BCUT2D eigenvalue weighted by Crippen LogP contribution is 2.32. The number of hydrogen-bond donors (Lipinski definition) is 1. The number of aliphatic hydroxyl groups is 1. The average Bonchev–Trinajstić information content (AvgIpc) is 3.06. The predicted molar refractivity (Wildman–Crippen MR) is 69.2 cm³/mol. The molecule has 0 aromatic carbocycles. The number of aliphatic hydroxyl groups excluding tert-OH is 1. The number of rotatable bonds is 8. The molecule has 0 aromatic heterocycles. The van der Waals surface area contributed by atoms with Gasteiger partial charge in [-0.15, -0.1) is 0 Å². The van der Waals surface area contributed by atoms with E-state index < -0.39 is 10.0 Å². The Morgan fingerprint density at radius 2 is 1.94 bits per heavy atom. The molecule has 5 heteroatoms. The monoisotopic (exact) mass is 263 g/mol. The number of sulfonamides is 1. The van der Waals surface area contributed by atoms with Crippen LogP contribution in [0.3, 0.4) is 0 Å². The minimum absolute atomic E-state index is 0.0449. The zero-order valence-corrected chi connectivity index (χ0v) is 11.9. The topological polar surface area (TPSA) is 57.6 Å². The van der Waals surface area contributed by atoms with E-state index in [0.29, 0.717) is 18.9 Å². The van der Waals surface area contributed by atoms with Crippen molar-refractivity contribution >= 4 is 10.0 Å². The molecule has 1 N–H and O–H groups in total. The van der Waals surface area contributed by atoms with Crippen molar-refractivity contribution < 1.29 is 13.5 Å². The zero-order chi connectivity index (χ0) is 13.1. The first-order valence-corrected chi connectivity index (χ1v) is 8.13. The Morgan fingerprint density at radius 1 is 1.35 bits per heavy atom. The van der Waals surface area contributed by atoms with Gasteiger partial charge >= 0.3 is 0 Å². The largest absolute Gasteiger partial charge is 0.396 e. The van der Waals surface area contributed by atoms with Crippen molar-refractivity contribution in [3.8, 4) is 0 Å². The lowest BCUT2D eigenvalue weighted by atomic mass is 10.0. The second-order valence-corrected chi connectivity index (χ2v) is 7.45. The van der Waals surface area contributed by atoms with Gasteiger partial charge in [0, 0.05) is 19.2 Å². The van der Waals surface area contributed by atoms with Gasteiger partial charge in [0.25, 0.3) is 0 Å². The normalized spacial score (nSPS) is 18.9. The Labute approximate surface area is 105 Å². The molecule has 0 radical (unpaired) electrons. The number of nitrogens with zero attached hydrogens (tertiary/aromatic N) is 1. The van der Waals surface area contributed by atoms with Gasteiger partial charge < -0.3 is 5.11 Å². The van der Waals surface area contributed by atoms with Crippen molar-refractivity contribution in [1.82, 2.24) is 4.31 Å². The molecule has 0 bridgehead atoms. The lowest BCUT2D eigenvalue weighted by molar-refractivity contribution is 0.188. The SMILES string of the molecule is CCS(=O)(=O)N(CC1CC1)[C@H](CCO)C(C)C. The Morgan fingerprint density at radius 3 is 2.29 bits per heavy atom. The van der Waals surface area contributed by atoms with Gasteiger partial charge in [0.1, 0.15) is 0 Å². The van der Waals surface area contributed by atoms with Crippen molar-refractivity contribution in [2.75, 3.05) is 18.9 Å². The summed E-state index contributed by atoms with van der Waals surface area (Å²) in [5, 5.41) is 9.10. The van der Waals surface area contributed by atoms with Crippen molar-refractivity contribution in [2.24, 2.45) is 11.8 Å². The second-order valence-electron chi connectivity index (χ2n) is 5.24. The van der Waals surface area contributed by atoms with E-state index in [2.05, 4.69) is 0 Å². The highest BCUT2D eigenvalue weighted by Gasteiger charge is 2.35. The van der Waals surface area contributed by atoms with Gasteiger partial charge in [0.2, 0.25) is 10.0 Å². The fourth-order valence-electron chi connectivity index (χ4n) is 2.12. The van der Waals surface area contributed by atoms with E-state index in [1.165, 1.54) is 0 Å². The van der Waals surface area contributed by atoms with Crippen LogP contribution >= 0.6 is 0 Å². The summed E-state index contributed by atoms with van der Waals surface area (Å²) in [4.78, 5) is 0. The molecule has 0 aromatic rings. The van der Waals surface area contributed by atoms with Crippen LogP contribution in [0, 0.1) is 11.8 Å². The van der Waals surface area contributed by atoms with E-state index in [1.54, 1.807) is 11.2 Å². The van der Waals surface area contributed by atoms with Crippen molar-refractivity contribution in [3.63, 3.8) is 0 Å². The van der Waals surface area contributed by atoms with Crippen LogP contribution in [0.4, 0.5) is 0 Å². The van der Waals surface area contributed by atoms with Crippen LogP contribution in [0.2, 0.25) is 0 Å². The van der Waals surface area contributed by atoms with Gasteiger partial charge in [-0.3, -0.25) is 0 Å². The zero-order valence-electron chi connectivity index (χ0n) is 11.1. The lowest BCUT2D eigenvalue weighted by Crippen LogP contribution is -2.45. The maximum atomic E-state index is 12.1. The van der Waals surface area contributed by atoms with E-state index in [1.807, 2.05) is 13.8 Å². The Bertz CT molecular complexity index is 323. The van der Waals surface area contributed by atoms with Gasteiger partial charge in [-0.25, -0.2) is 8.42 Å². The van der Waals surface area contributed by atoms with Gasteiger partial charge in [-0.1, -0.05) is 13.8 Å². The molecule has 0 saturated heterocycles. The fraction of sp³-hybridized carbons (Fsp3) is 1.00. The summed E-state index contributed by atoms with van der Waals surface area (Å²) in [6.45, 7) is 6.41. The van der Waals surface area contributed by atoms with E-state index >= 15 is 0 Å². The standard InChI is InChI=1S/C12H25NO3S/c1-4-17(15,16)13(9-11-5-6-11)12(7-8-14)10(2)3/h10-12,14H,4-9H2,1-3H3/t12-/m1/s1. The van der Waals surface area contributed by atoms with Crippen molar-refractivity contribution in [1.29, 1.82) is 0 Å². The molecule has 0 heterocycles. The second kappa shape index (κ2) is 6.16. The quantitative estimate of drug-likeness (QED) is 0.721. The molecule has 102 valence electrons. The molecule has 1 atom stereocenters. The summed E-state index contributed by atoms with van der Waals surface area (Å²) in [7, 11) is -3.16. The molecular weight excluding hydrogens is 238 g/mol. The molecule has 17 heavy (non-hydrogen) atoms. The van der Waals surface area contributed by atoms with Crippen LogP contribution in [0.15, 0.2) is 0 Å². The summed E-state index contributed by atoms with van der Waals surface area (Å²) < 4.78 is 25.9. The molecule has 0 unspecified atom stereocenters. The summed E-state index contributed by atoms with van der Waals surface area (Å²) >= 11 is 0. The molecule has 1 saturated carbocycles. The Kier molecular flexibility index (Phi) is 5.41. The van der Waals surface area contributed by atoms with Gasteiger partial charge in [0.05, 0.1) is 5.75 Å². The fourth-order valence-corrected chi connectivity index (χ4v) is 3.65. The number of hydrogen-bond acceptors (Lipinski definition) is 3. The summed E-state index contributed by atoms with van der Waals surface area (Å²) in [5.74, 6) is 0.924. The highest BCUT2D eigenvalue weighted by molar-refractivity contribution is 7.89. The molecule has 0 aliphatic heterocycles. The van der Waals surface area contributed by atoms with E-state index in [0.717, 1.165) is 12.8 Å². The molecule has 1 rings (SSSR count). The first-order chi connectivity index (χ1) is 7.92. The van der Waals surface area contributed by atoms with Crippen LogP contribution < -0.4 is 0 Å². The minimum atomic E-state index is -3.16. The third-order valence-electron chi connectivity index (χ3n) is 3.42. The van der Waals surface area contributed by atoms with Crippen molar-refractivity contribution in [3.05, 3.63) is 0 Å². The molecule has 1 fully saturated rings. The van der Waals surface area contributed by atoms with E-state index in [9.17, 15) is 8.42 Å². The molecular formula is C12H25NO3S. The molecule has 4 nitrogen and oxygen atoms in total. The lowest BCUT2D eigenvalue weighted by Gasteiger charge is -2.33. The molecule has 0 spiro atoms. The Hall–Kier alpha value is -0.130. The van der Waals surface area contributed by atoms with Crippen LogP contribution in [-0.2, 0) is 10.0 Å². The third kappa shape index (κ3) is 4.23. The van der Waals surface area contributed by atoms with E-state index in [4.69, 9.17) is 5.11 Å². The third-order valence-corrected chi connectivity index (χ3v) is 5.29. The van der Waals surface area contributed by atoms with Crippen LogP contribution in [0.5, 0.6) is 0 Å². The Balaban J connectivity index is 2.85. The van der Waals surface area contributed by atoms with Gasteiger partial charge in [-0.05, 0) is 38.0 Å². The maximum absolute atomic E-state index is 12.1. The molecule has 1 aliphatic rings. The smallest absolute Gasteiger partial charge is 0.214 e. The predicted octanol–water partition coefficient (Wildman–Crippen LogP) is 1.46. The maximum Gasteiger partial charge on any atom is 0.214 e. The molecule has 0 amide bonds. The highest BCUT2D eigenvalue weighted by atomic mass is 32.2. The van der Waals surface area contributed by atoms with Crippen LogP contribution in [-0.4, -0.2) is 42.8 Å². The summed E-state index contributed by atoms with van der Waals surface area (Å²) in [6.07, 6.45) is 2.81. The first kappa shape index (κ1) is 14.9. The molecule has 1 aliphatic carbocycles. The van der Waals surface area contributed by atoms with Crippen LogP contribution in [0.1, 0.15) is 40.0 Å². The van der Waals surface area contributed by atoms with Crippen molar-refractivity contribution in [2.45, 2.75) is 46.1 Å². The summed E-state index contributed by atoms with van der Waals surface area (Å²) in [5.41, 5.74) is 0. The van der Waals surface area contributed by atoms with E-state index in [-0.39, 0.29) is 24.3 Å². The van der Waals surface area contributed by atoms with Gasteiger partial charge in [0.15, 0.2) is 0 Å². The minimum Gasteiger partial charge on any atom is -0.396 e. The first-order valence-electron chi connectivity index (χ1n) is 6.52.